The van der Waals surface area contributed by atoms with Crippen molar-refractivity contribution in [2.75, 3.05) is 5.73 Å². The van der Waals surface area contributed by atoms with Gasteiger partial charge < -0.3 is 19.9 Å². The van der Waals surface area contributed by atoms with E-state index in [2.05, 4.69) is 4.98 Å². The third-order valence-corrected chi connectivity index (χ3v) is 4.12. The molecule has 19 heavy (non-hydrogen) atoms. The van der Waals surface area contributed by atoms with Crippen LogP contribution < -0.4 is 11.0 Å². The van der Waals surface area contributed by atoms with Crippen molar-refractivity contribution in [3.63, 3.8) is 0 Å². The number of hydrogen-bond acceptors (Lipinski definition) is 4. The zero-order valence-corrected chi connectivity index (χ0v) is 10.9. The third-order valence-electron chi connectivity index (χ3n) is 3.14. The number of anilines is 1. The highest BCUT2D eigenvalue weighted by atomic mass is 31.2. The minimum Gasteiger partial charge on any atom is -0.462 e. The van der Waals surface area contributed by atoms with Crippen molar-refractivity contribution < 1.29 is 18.8 Å². The quantitative estimate of drug-likeness (QED) is 0.737. The van der Waals surface area contributed by atoms with Crippen LogP contribution in [0.1, 0.15) is 24.3 Å². The number of nitrogen functional groups attached to an aromatic ring is 1. The van der Waals surface area contributed by atoms with Gasteiger partial charge in [0.25, 0.3) is 0 Å². The Morgan fingerprint density at radius 2 is 2.05 bits per heavy atom. The SMILES string of the molecule is Nc1ccc(C2CC2)c(-c2occc2P(=O)(O)O)n1. The number of nitrogens with zero attached hydrogens (tertiary/aromatic N) is 1. The van der Waals surface area contributed by atoms with Crippen LogP contribution in [0.4, 0.5) is 5.82 Å². The van der Waals surface area contributed by atoms with Gasteiger partial charge in [0, 0.05) is 0 Å². The summed E-state index contributed by atoms with van der Waals surface area (Å²) < 4.78 is 16.7. The Labute approximate surface area is 109 Å². The average Bonchev–Trinajstić information content (AvgIpc) is 3.04. The van der Waals surface area contributed by atoms with E-state index in [1.165, 1.54) is 12.3 Å². The fourth-order valence-electron chi connectivity index (χ4n) is 2.10. The van der Waals surface area contributed by atoms with Crippen molar-refractivity contribution in [2.24, 2.45) is 0 Å². The maximum Gasteiger partial charge on any atom is 0.360 e. The molecular weight excluding hydrogens is 267 g/mol. The molecule has 2 aromatic rings. The van der Waals surface area contributed by atoms with Crippen LogP contribution >= 0.6 is 7.60 Å². The fourth-order valence-corrected chi connectivity index (χ4v) is 2.78. The Hall–Kier alpha value is -1.62. The third kappa shape index (κ3) is 2.30. The summed E-state index contributed by atoms with van der Waals surface area (Å²) in [4.78, 5) is 22.8. The van der Waals surface area contributed by atoms with Gasteiger partial charge in [-0.2, -0.15) is 0 Å². The van der Waals surface area contributed by atoms with E-state index in [1.54, 1.807) is 6.07 Å². The Morgan fingerprint density at radius 1 is 1.32 bits per heavy atom. The summed E-state index contributed by atoms with van der Waals surface area (Å²) in [5.74, 6) is 0.785. The van der Waals surface area contributed by atoms with E-state index in [4.69, 9.17) is 10.2 Å². The lowest BCUT2D eigenvalue weighted by atomic mass is 10.1. The second-order valence-electron chi connectivity index (χ2n) is 4.63. The molecule has 1 aliphatic rings. The van der Waals surface area contributed by atoms with Crippen molar-refractivity contribution in [2.45, 2.75) is 18.8 Å². The lowest BCUT2D eigenvalue weighted by Gasteiger charge is -2.09. The molecule has 0 unspecified atom stereocenters. The van der Waals surface area contributed by atoms with Gasteiger partial charge in [-0.1, -0.05) is 6.07 Å². The highest BCUT2D eigenvalue weighted by molar-refractivity contribution is 7.60. The van der Waals surface area contributed by atoms with Crippen LogP contribution in [0.15, 0.2) is 28.9 Å². The summed E-state index contributed by atoms with van der Waals surface area (Å²) in [5, 5.41) is -0.146. The fraction of sp³-hybridized carbons (Fsp3) is 0.250. The maximum atomic E-state index is 11.4. The van der Waals surface area contributed by atoms with Gasteiger partial charge in [0.1, 0.15) is 16.8 Å². The smallest absolute Gasteiger partial charge is 0.360 e. The molecule has 0 atom stereocenters. The monoisotopic (exact) mass is 280 g/mol. The number of pyridine rings is 1. The van der Waals surface area contributed by atoms with Gasteiger partial charge in [0.05, 0.1) is 6.26 Å². The molecule has 0 aromatic carbocycles. The van der Waals surface area contributed by atoms with Crippen LogP contribution in [0.3, 0.4) is 0 Å². The minimum atomic E-state index is -4.39. The number of aromatic nitrogens is 1. The average molecular weight is 280 g/mol. The first kappa shape index (κ1) is 12.4. The number of hydrogen-bond donors (Lipinski definition) is 3. The predicted molar refractivity (Wildman–Crippen MR) is 70.0 cm³/mol. The second kappa shape index (κ2) is 4.20. The molecule has 7 heteroatoms. The van der Waals surface area contributed by atoms with Gasteiger partial charge in [-0.15, -0.1) is 0 Å². The van der Waals surface area contributed by atoms with Crippen molar-refractivity contribution in [1.82, 2.24) is 4.98 Å². The molecule has 1 fully saturated rings. The van der Waals surface area contributed by atoms with Crippen LogP contribution in [0.2, 0.25) is 0 Å². The van der Waals surface area contributed by atoms with Crippen LogP contribution in [-0.4, -0.2) is 14.8 Å². The normalized spacial score (nSPS) is 15.7. The Kier molecular flexibility index (Phi) is 2.74. The lowest BCUT2D eigenvalue weighted by molar-refractivity contribution is 0.387. The van der Waals surface area contributed by atoms with Gasteiger partial charge in [0.2, 0.25) is 0 Å². The molecule has 6 nitrogen and oxygen atoms in total. The van der Waals surface area contributed by atoms with Crippen LogP contribution in [0.5, 0.6) is 0 Å². The first-order valence-electron chi connectivity index (χ1n) is 5.87. The van der Waals surface area contributed by atoms with E-state index >= 15 is 0 Å². The predicted octanol–water partition coefficient (Wildman–Crippen LogP) is 1.60. The molecule has 0 saturated heterocycles. The second-order valence-corrected chi connectivity index (χ2v) is 6.20. The summed E-state index contributed by atoms with van der Waals surface area (Å²) in [6, 6.07) is 4.82. The number of rotatable bonds is 3. The van der Waals surface area contributed by atoms with Gasteiger partial charge >= 0.3 is 7.60 Å². The molecule has 0 radical (unpaired) electrons. The molecule has 2 heterocycles. The molecule has 0 amide bonds. The van der Waals surface area contributed by atoms with Crippen molar-refractivity contribution in [1.29, 1.82) is 0 Å². The first-order chi connectivity index (χ1) is 8.97. The standard InChI is InChI=1S/C12H13N2O4P/c13-10-4-3-8(7-1-2-7)11(14-10)12-9(5-6-18-12)19(15,16)17/h3-7H,1-2H2,(H2,13,14)(H2,15,16,17). The van der Waals surface area contributed by atoms with Crippen LogP contribution in [0.25, 0.3) is 11.5 Å². The zero-order valence-electron chi connectivity index (χ0n) is 9.98. The summed E-state index contributed by atoms with van der Waals surface area (Å²) >= 11 is 0. The van der Waals surface area contributed by atoms with Crippen LogP contribution in [-0.2, 0) is 4.57 Å². The minimum absolute atomic E-state index is 0.113. The topological polar surface area (TPSA) is 110 Å². The van der Waals surface area contributed by atoms with Gasteiger partial charge in [-0.3, -0.25) is 4.57 Å². The zero-order chi connectivity index (χ0) is 13.6. The van der Waals surface area contributed by atoms with E-state index in [0.29, 0.717) is 17.4 Å². The summed E-state index contributed by atoms with van der Waals surface area (Å²) in [6.07, 6.45) is 3.35. The van der Waals surface area contributed by atoms with Gasteiger partial charge in [-0.25, -0.2) is 4.98 Å². The Bertz CT molecular complexity index is 672. The summed E-state index contributed by atoms with van der Waals surface area (Å²) in [5.41, 5.74) is 7.03. The summed E-state index contributed by atoms with van der Waals surface area (Å²) in [6.45, 7) is 0. The number of furan rings is 1. The Balaban J connectivity index is 2.19. The summed E-state index contributed by atoms with van der Waals surface area (Å²) in [7, 11) is -4.39. The van der Waals surface area contributed by atoms with Gasteiger partial charge in [-0.05, 0) is 36.5 Å². The van der Waals surface area contributed by atoms with Crippen molar-refractivity contribution in [3.05, 3.63) is 30.0 Å². The van der Waals surface area contributed by atoms with E-state index in [9.17, 15) is 14.4 Å². The molecule has 0 bridgehead atoms. The van der Waals surface area contributed by atoms with E-state index < -0.39 is 7.60 Å². The molecule has 0 spiro atoms. The van der Waals surface area contributed by atoms with Gasteiger partial charge in [0.15, 0.2) is 5.76 Å². The maximum absolute atomic E-state index is 11.4. The van der Waals surface area contributed by atoms with E-state index in [-0.39, 0.29) is 11.1 Å². The Morgan fingerprint density at radius 3 is 2.68 bits per heavy atom. The molecule has 1 saturated carbocycles. The van der Waals surface area contributed by atoms with Crippen molar-refractivity contribution in [3.8, 4) is 11.5 Å². The highest BCUT2D eigenvalue weighted by Gasteiger charge is 2.32. The molecule has 3 rings (SSSR count). The molecule has 0 aliphatic heterocycles. The highest BCUT2D eigenvalue weighted by Crippen LogP contribution is 2.46. The number of nitrogens with two attached hydrogens (primary N) is 1. The molecule has 2 aromatic heterocycles. The molecular formula is C12H13N2O4P. The molecule has 4 N–H and O–H groups in total. The van der Waals surface area contributed by atoms with E-state index in [1.807, 2.05) is 6.07 Å². The molecule has 1 aliphatic carbocycles. The van der Waals surface area contributed by atoms with Crippen molar-refractivity contribution >= 4 is 18.7 Å². The first-order valence-corrected chi connectivity index (χ1v) is 7.48. The van der Waals surface area contributed by atoms with E-state index in [0.717, 1.165) is 18.4 Å². The van der Waals surface area contributed by atoms with Crippen LogP contribution in [0, 0.1) is 0 Å². The largest absolute Gasteiger partial charge is 0.462 e. The molecule has 100 valence electrons. The lowest BCUT2D eigenvalue weighted by Crippen LogP contribution is -2.07.